The maximum atomic E-state index is 10.7. The van der Waals surface area contributed by atoms with Gasteiger partial charge in [0.05, 0.1) is 19.3 Å². The van der Waals surface area contributed by atoms with Crippen LogP contribution in [0.2, 0.25) is 0 Å². The van der Waals surface area contributed by atoms with Crippen LogP contribution in [-0.4, -0.2) is 56.6 Å². The average molecular weight is 402 g/mol. The van der Waals surface area contributed by atoms with E-state index < -0.39 is 42.9 Å². The zero-order valence-corrected chi connectivity index (χ0v) is 16.1. The summed E-state index contributed by atoms with van der Waals surface area (Å²) in [4.78, 5) is 0. The number of benzene rings is 2. The van der Waals surface area contributed by atoms with Crippen molar-refractivity contribution in [3.8, 4) is 0 Å². The molecule has 2 aromatic rings. The van der Waals surface area contributed by atoms with Crippen molar-refractivity contribution < 1.29 is 35.0 Å². The van der Waals surface area contributed by atoms with E-state index >= 15 is 0 Å². The largest absolute Gasteiger partial charge is 0.394 e. The zero-order valence-electron chi connectivity index (χ0n) is 16.1. The maximum absolute atomic E-state index is 10.7. The number of fused-ring (bicyclic) bond motifs is 2. The first-order valence-corrected chi connectivity index (χ1v) is 9.71. The van der Waals surface area contributed by atoms with Crippen molar-refractivity contribution in [2.45, 2.75) is 56.3 Å². The summed E-state index contributed by atoms with van der Waals surface area (Å²) in [6.07, 6.45) is -5.40. The van der Waals surface area contributed by atoms with Gasteiger partial charge in [-0.3, -0.25) is 0 Å². The third-order valence-corrected chi connectivity index (χ3v) is 5.81. The fourth-order valence-electron chi connectivity index (χ4n) is 4.08. The molecular formula is C22H26O7. The van der Waals surface area contributed by atoms with Crippen LogP contribution in [0, 0.1) is 0 Å². The van der Waals surface area contributed by atoms with Gasteiger partial charge in [0.15, 0.2) is 0 Å². The van der Waals surface area contributed by atoms with Gasteiger partial charge in [-0.25, -0.2) is 0 Å². The van der Waals surface area contributed by atoms with E-state index in [1.165, 1.54) is 0 Å². The van der Waals surface area contributed by atoms with Crippen LogP contribution in [0.4, 0.5) is 0 Å². The third kappa shape index (κ3) is 3.49. The smallest absolute Gasteiger partial charge is 0.225 e. The van der Waals surface area contributed by atoms with E-state index in [9.17, 15) is 25.5 Å². The van der Waals surface area contributed by atoms with Crippen molar-refractivity contribution in [3.05, 3.63) is 70.3 Å². The van der Waals surface area contributed by atoms with Crippen molar-refractivity contribution in [1.82, 2.24) is 0 Å². The molecule has 0 saturated carbocycles. The van der Waals surface area contributed by atoms with Crippen LogP contribution < -0.4 is 0 Å². The minimum Gasteiger partial charge on any atom is -0.394 e. The molecular weight excluding hydrogens is 376 g/mol. The van der Waals surface area contributed by atoms with Crippen LogP contribution in [0.5, 0.6) is 0 Å². The van der Waals surface area contributed by atoms with Crippen molar-refractivity contribution in [2.75, 3.05) is 6.61 Å². The lowest BCUT2D eigenvalue weighted by molar-refractivity contribution is -0.368. The molecule has 1 spiro atoms. The Labute approximate surface area is 168 Å². The van der Waals surface area contributed by atoms with E-state index in [2.05, 4.69) is 0 Å². The highest BCUT2D eigenvalue weighted by atomic mass is 16.7. The molecule has 2 aliphatic heterocycles. The lowest BCUT2D eigenvalue weighted by atomic mass is 9.86. The number of hydrogen-bond donors (Lipinski definition) is 5. The van der Waals surface area contributed by atoms with Gasteiger partial charge >= 0.3 is 0 Å². The summed E-state index contributed by atoms with van der Waals surface area (Å²) in [5.74, 6) is -1.63. The summed E-state index contributed by atoms with van der Waals surface area (Å²) in [7, 11) is 0. The fourth-order valence-corrected chi connectivity index (χ4v) is 4.08. The molecule has 0 amide bonds. The van der Waals surface area contributed by atoms with Gasteiger partial charge in [0.25, 0.3) is 0 Å². The van der Waals surface area contributed by atoms with E-state index in [-0.39, 0.29) is 6.61 Å². The van der Waals surface area contributed by atoms with Crippen LogP contribution in [0.3, 0.4) is 0 Å². The molecule has 2 heterocycles. The first-order valence-electron chi connectivity index (χ1n) is 9.71. The van der Waals surface area contributed by atoms with Gasteiger partial charge in [-0.1, -0.05) is 36.4 Å². The molecule has 4 rings (SSSR count). The molecule has 0 aromatic heterocycles. The Hall–Kier alpha value is -1.84. The van der Waals surface area contributed by atoms with Crippen molar-refractivity contribution in [3.63, 3.8) is 0 Å². The predicted octanol–water partition coefficient (Wildman–Crippen LogP) is 0.487. The second-order valence-electron chi connectivity index (χ2n) is 7.81. The molecule has 7 heteroatoms. The Kier molecular flexibility index (Phi) is 5.48. The Bertz CT molecular complexity index is 864. The molecule has 1 fully saturated rings. The summed E-state index contributed by atoms with van der Waals surface area (Å²) in [6.45, 7) is 1.40. The number of ether oxygens (including phenoxy) is 2. The zero-order chi connectivity index (χ0) is 20.8. The summed E-state index contributed by atoms with van der Waals surface area (Å²) in [5.41, 5.74) is 4.26. The molecule has 5 N–H and O–H groups in total. The molecule has 29 heavy (non-hydrogen) atoms. The Morgan fingerprint density at radius 1 is 1.03 bits per heavy atom. The number of hydrogen-bond acceptors (Lipinski definition) is 7. The molecule has 2 aliphatic rings. The quantitative estimate of drug-likeness (QED) is 0.505. The molecule has 0 radical (unpaired) electrons. The third-order valence-electron chi connectivity index (χ3n) is 5.81. The molecule has 7 nitrogen and oxygen atoms in total. The second kappa shape index (κ2) is 7.77. The lowest BCUT2D eigenvalue weighted by Gasteiger charge is -2.46. The fraction of sp³-hybridized carbons (Fsp3) is 0.455. The average Bonchev–Trinajstić information content (AvgIpc) is 3.08. The summed E-state index contributed by atoms with van der Waals surface area (Å²) in [5, 5.41) is 50.1. The van der Waals surface area contributed by atoms with E-state index in [1.807, 2.05) is 42.5 Å². The SMILES string of the molecule is CC(O)c1ccc(Cc2ccc3c(c2)C2(OC3)O[C@H](CO)[C@@H](O)[C@H](O)[C@H]2O)cc1. The van der Waals surface area contributed by atoms with Crippen molar-refractivity contribution >= 4 is 0 Å². The van der Waals surface area contributed by atoms with Crippen molar-refractivity contribution in [2.24, 2.45) is 0 Å². The maximum Gasteiger partial charge on any atom is 0.225 e. The van der Waals surface area contributed by atoms with Gasteiger partial charge in [-0.15, -0.1) is 0 Å². The predicted molar refractivity (Wildman–Crippen MR) is 103 cm³/mol. The lowest BCUT2D eigenvalue weighted by Crippen LogP contribution is -2.63. The molecule has 2 aromatic carbocycles. The molecule has 0 bridgehead atoms. The standard InChI is InChI=1S/C22H26O7/c1-12(24)15-5-2-13(3-6-15)8-14-4-7-16-11-28-22(17(16)9-14)21(27)20(26)19(25)18(10-23)29-22/h2-7,9,12,18-21,23-27H,8,10-11H2,1H3/t12?,18-,19-,20+,21-,22?/m1/s1. The first-order chi connectivity index (χ1) is 13.9. The molecule has 0 aliphatic carbocycles. The minimum absolute atomic E-state index is 0.191. The highest BCUT2D eigenvalue weighted by Crippen LogP contribution is 2.46. The van der Waals surface area contributed by atoms with Gasteiger partial charge in [0.2, 0.25) is 5.79 Å². The van der Waals surface area contributed by atoms with Gasteiger partial charge in [-0.05, 0) is 41.7 Å². The van der Waals surface area contributed by atoms with Crippen LogP contribution >= 0.6 is 0 Å². The highest BCUT2D eigenvalue weighted by molar-refractivity contribution is 5.41. The van der Waals surface area contributed by atoms with E-state index in [0.717, 1.165) is 22.3 Å². The van der Waals surface area contributed by atoms with Gasteiger partial charge in [-0.2, -0.15) is 0 Å². The molecule has 156 valence electrons. The second-order valence-corrected chi connectivity index (χ2v) is 7.81. The summed E-state index contributed by atoms with van der Waals surface area (Å²) >= 11 is 0. The van der Waals surface area contributed by atoms with E-state index in [0.29, 0.717) is 12.0 Å². The van der Waals surface area contributed by atoms with Crippen LogP contribution in [0.25, 0.3) is 0 Å². The highest BCUT2D eigenvalue weighted by Gasteiger charge is 2.58. The Morgan fingerprint density at radius 3 is 2.38 bits per heavy atom. The van der Waals surface area contributed by atoms with Gasteiger partial charge < -0.3 is 35.0 Å². The first kappa shape index (κ1) is 20.4. The number of aliphatic hydroxyl groups is 5. The van der Waals surface area contributed by atoms with E-state index in [4.69, 9.17) is 9.47 Å². The minimum atomic E-state index is -1.63. The van der Waals surface area contributed by atoms with Gasteiger partial charge in [0.1, 0.15) is 24.4 Å². The van der Waals surface area contributed by atoms with E-state index in [1.54, 1.807) is 6.92 Å². The summed E-state index contributed by atoms with van der Waals surface area (Å²) in [6, 6.07) is 13.4. The topological polar surface area (TPSA) is 120 Å². The van der Waals surface area contributed by atoms with Gasteiger partial charge in [0, 0.05) is 5.56 Å². The molecule has 2 unspecified atom stereocenters. The molecule has 1 saturated heterocycles. The van der Waals surface area contributed by atoms with Crippen molar-refractivity contribution in [1.29, 1.82) is 0 Å². The normalized spacial score (nSPS) is 32.3. The number of aliphatic hydroxyl groups excluding tert-OH is 5. The Balaban J connectivity index is 1.64. The molecule has 6 atom stereocenters. The Morgan fingerprint density at radius 2 is 1.72 bits per heavy atom. The van der Waals surface area contributed by atoms with Crippen LogP contribution in [0.1, 0.15) is 40.8 Å². The van der Waals surface area contributed by atoms with Crippen LogP contribution in [0.15, 0.2) is 42.5 Å². The summed E-state index contributed by atoms with van der Waals surface area (Å²) < 4.78 is 11.6. The number of rotatable bonds is 4. The van der Waals surface area contributed by atoms with Crippen LogP contribution in [-0.2, 0) is 28.3 Å². The monoisotopic (exact) mass is 402 g/mol.